The van der Waals surface area contributed by atoms with Gasteiger partial charge in [0.25, 0.3) is 11.8 Å². The molecule has 1 aromatic heterocycles. The van der Waals surface area contributed by atoms with E-state index in [1.54, 1.807) is 43.3 Å². The molecule has 0 saturated heterocycles. The minimum absolute atomic E-state index is 0.0785. The Balaban J connectivity index is 1.48. The summed E-state index contributed by atoms with van der Waals surface area (Å²) < 4.78 is 11.0. The molecule has 3 aromatic rings. The molecule has 1 aliphatic rings. The largest absolute Gasteiger partial charge is 0.496 e. The number of carbonyl (C=O) groups excluding carboxylic acids is 3. The molecule has 0 saturated carbocycles. The second-order valence-electron chi connectivity index (χ2n) is 8.18. The Morgan fingerprint density at radius 3 is 2.37 bits per heavy atom. The van der Waals surface area contributed by atoms with Gasteiger partial charge < -0.3 is 9.15 Å². The van der Waals surface area contributed by atoms with Gasteiger partial charge in [-0.2, -0.15) is 5.10 Å². The van der Waals surface area contributed by atoms with Gasteiger partial charge in [0.05, 0.1) is 18.4 Å². The van der Waals surface area contributed by atoms with Crippen LogP contribution in [0.3, 0.4) is 0 Å². The fourth-order valence-corrected chi connectivity index (χ4v) is 3.95. The molecule has 180 valence electrons. The summed E-state index contributed by atoms with van der Waals surface area (Å²) in [5.74, 6) is -0.345. The lowest BCUT2D eigenvalue weighted by molar-refractivity contribution is 0.0827. The number of aryl methyl sites for hydroxylation is 2. The van der Waals surface area contributed by atoms with Crippen LogP contribution in [0.25, 0.3) is 0 Å². The first kappa shape index (κ1) is 23.7. The van der Waals surface area contributed by atoms with Crippen molar-refractivity contribution in [2.75, 3.05) is 7.11 Å². The SMILES string of the molecule is COc1ccccc1C(=O)NNC(=O)c1oc2c(c1C)/C(=N/NC(=O)c1ccc(C)cc1)CCC2. The van der Waals surface area contributed by atoms with Crippen LogP contribution in [0, 0.1) is 13.8 Å². The number of para-hydroxylation sites is 1. The lowest BCUT2D eigenvalue weighted by atomic mass is 9.93. The van der Waals surface area contributed by atoms with E-state index in [4.69, 9.17) is 9.15 Å². The third kappa shape index (κ3) is 5.08. The molecule has 3 amide bonds. The quantitative estimate of drug-likeness (QED) is 0.489. The van der Waals surface area contributed by atoms with Gasteiger partial charge in [-0.05, 0) is 51.0 Å². The average molecular weight is 475 g/mol. The van der Waals surface area contributed by atoms with Gasteiger partial charge in [-0.15, -0.1) is 0 Å². The molecule has 1 heterocycles. The molecule has 35 heavy (non-hydrogen) atoms. The van der Waals surface area contributed by atoms with Gasteiger partial charge in [-0.3, -0.25) is 25.2 Å². The number of fused-ring (bicyclic) bond motifs is 1. The summed E-state index contributed by atoms with van der Waals surface area (Å²) in [6, 6.07) is 13.9. The van der Waals surface area contributed by atoms with Gasteiger partial charge in [0.1, 0.15) is 11.5 Å². The first-order valence-electron chi connectivity index (χ1n) is 11.2. The Morgan fingerprint density at radius 1 is 0.914 bits per heavy atom. The zero-order valence-corrected chi connectivity index (χ0v) is 19.7. The highest BCUT2D eigenvalue weighted by Crippen LogP contribution is 2.30. The number of nitrogens with one attached hydrogen (secondary N) is 3. The first-order valence-corrected chi connectivity index (χ1v) is 11.2. The van der Waals surface area contributed by atoms with Crippen LogP contribution in [0.2, 0.25) is 0 Å². The summed E-state index contributed by atoms with van der Waals surface area (Å²) in [4.78, 5) is 37.7. The van der Waals surface area contributed by atoms with Crippen molar-refractivity contribution in [2.45, 2.75) is 33.1 Å². The Hall–Kier alpha value is -4.40. The topological polar surface area (TPSA) is 122 Å². The van der Waals surface area contributed by atoms with E-state index in [-0.39, 0.29) is 17.2 Å². The van der Waals surface area contributed by atoms with E-state index in [1.165, 1.54) is 7.11 Å². The maximum absolute atomic E-state index is 12.8. The lowest BCUT2D eigenvalue weighted by Gasteiger charge is -2.13. The van der Waals surface area contributed by atoms with Gasteiger partial charge in [0, 0.05) is 23.1 Å². The number of hydrazone groups is 1. The molecule has 0 aliphatic heterocycles. The van der Waals surface area contributed by atoms with E-state index in [2.05, 4.69) is 21.4 Å². The van der Waals surface area contributed by atoms with Crippen LogP contribution >= 0.6 is 0 Å². The number of carbonyl (C=O) groups is 3. The number of furan rings is 1. The highest BCUT2D eigenvalue weighted by Gasteiger charge is 2.28. The minimum atomic E-state index is -0.594. The summed E-state index contributed by atoms with van der Waals surface area (Å²) in [5.41, 5.74) is 11.2. The van der Waals surface area contributed by atoms with Crippen LogP contribution in [0.15, 0.2) is 58.0 Å². The summed E-state index contributed by atoms with van der Waals surface area (Å²) in [5, 5.41) is 4.33. The molecule has 9 nitrogen and oxygen atoms in total. The van der Waals surface area contributed by atoms with Crippen molar-refractivity contribution in [3.05, 3.63) is 87.9 Å². The number of nitrogens with zero attached hydrogens (tertiary/aromatic N) is 1. The first-order chi connectivity index (χ1) is 16.9. The number of amides is 3. The predicted molar refractivity (Wildman–Crippen MR) is 129 cm³/mol. The zero-order valence-electron chi connectivity index (χ0n) is 19.7. The molecule has 0 radical (unpaired) electrons. The van der Waals surface area contributed by atoms with E-state index in [0.717, 1.165) is 12.0 Å². The smallest absolute Gasteiger partial charge is 0.305 e. The Morgan fingerprint density at radius 2 is 1.63 bits per heavy atom. The Kier molecular flexibility index (Phi) is 6.96. The van der Waals surface area contributed by atoms with E-state index >= 15 is 0 Å². The summed E-state index contributed by atoms with van der Waals surface area (Å²) in [6.45, 7) is 3.70. The second kappa shape index (κ2) is 10.3. The molecular weight excluding hydrogens is 448 g/mol. The number of ether oxygens (including phenoxy) is 1. The molecule has 0 unspecified atom stereocenters. The van der Waals surface area contributed by atoms with E-state index in [0.29, 0.717) is 46.8 Å². The van der Waals surface area contributed by atoms with Crippen molar-refractivity contribution < 1.29 is 23.5 Å². The van der Waals surface area contributed by atoms with Crippen molar-refractivity contribution in [1.82, 2.24) is 16.3 Å². The van der Waals surface area contributed by atoms with E-state index in [9.17, 15) is 14.4 Å². The number of hydrazine groups is 1. The Labute approximate surface area is 202 Å². The van der Waals surface area contributed by atoms with Crippen molar-refractivity contribution in [2.24, 2.45) is 5.10 Å². The van der Waals surface area contributed by atoms with Crippen LogP contribution < -0.4 is 21.0 Å². The molecule has 9 heteroatoms. The molecule has 0 fully saturated rings. The summed E-state index contributed by atoms with van der Waals surface area (Å²) in [6.07, 6.45) is 2.04. The van der Waals surface area contributed by atoms with Crippen molar-refractivity contribution in [3.8, 4) is 5.75 Å². The number of methoxy groups -OCH3 is 1. The lowest BCUT2D eigenvalue weighted by Crippen LogP contribution is -2.41. The van der Waals surface area contributed by atoms with E-state index < -0.39 is 11.8 Å². The summed E-state index contributed by atoms with van der Waals surface area (Å²) in [7, 11) is 1.46. The van der Waals surface area contributed by atoms with Gasteiger partial charge >= 0.3 is 5.91 Å². The Bertz CT molecular complexity index is 1310. The van der Waals surface area contributed by atoms with Crippen LogP contribution in [-0.4, -0.2) is 30.5 Å². The highest BCUT2D eigenvalue weighted by atomic mass is 16.5. The van der Waals surface area contributed by atoms with Crippen molar-refractivity contribution in [3.63, 3.8) is 0 Å². The van der Waals surface area contributed by atoms with Gasteiger partial charge in [-0.25, -0.2) is 5.43 Å². The highest BCUT2D eigenvalue weighted by molar-refractivity contribution is 6.07. The van der Waals surface area contributed by atoms with Crippen LogP contribution in [0.4, 0.5) is 0 Å². The van der Waals surface area contributed by atoms with Crippen LogP contribution in [0.1, 0.15) is 66.6 Å². The third-order valence-electron chi connectivity index (χ3n) is 5.78. The summed E-state index contributed by atoms with van der Waals surface area (Å²) >= 11 is 0. The monoisotopic (exact) mass is 474 g/mol. The maximum Gasteiger partial charge on any atom is 0.305 e. The number of benzene rings is 2. The van der Waals surface area contributed by atoms with Gasteiger partial charge in [0.2, 0.25) is 0 Å². The molecule has 0 atom stereocenters. The number of rotatable bonds is 5. The van der Waals surface area contributed by atoms with Crippen molar-refractivity contribution >= 4 is 23.4 Å². The fourth-order valence-electron chi connectivity index (χ4n) is 3.95. The minimum Gasteiger partial charge on any atom is -0.496 e. The molecule has 1 aliphatic carbocycles. The molecule has 0 bridgehead atoms. The van der Waals surface area contributed by atoms with Gasteiger partial charge in [-0.1, -0.05) is 29.8 Å². The zero-order chi connectivity index (χ0) is 24.9. The molecular formula is C26H26N4O5. The van der Waals surface area contributed by atoms with Crippen LogP contribution in [0.5, 0.6) is 5.75 Å². The number of hydrogen-bond acceptors (Lipinski definition) is 6. The standard InChI is InChI=1S/C26H26N4O5/c1-15-11-13-17(14-12-15)24(31)28-27-19-8-6-10-21-22(19)16(2)23(35-21)26(33)30-29-25(32)18-7-4-5-9-20(18)34-3/h4-5,7,9,11-14H,6,8,10H2,1-3H3,(H,28,31)(H,29,32)(H,30,33)/b27-19+. The fraction of sp³-hybridized carbons (Fsp3) is 0.231. The average Bonchev–Trinajstić information content (AvgIpc) is 3.23. The third-order valence-corrected chi connectivity index (χ3v) is 5.78. The van der Waals surface area contributed by atoms with Crippen LogP contribution in [-0.2, 0) is 6.42 Å². The molecule has 0 spiro atoms. The molecule has 4 rings (SSSR count). The predicted octanol–water partition coefficient (Wildman–Crippen LogP) is 3.45. The normalized spacial score (nSPS) is 13.6. The van der Waals surface area contributed by atoms with Gasteiger partial charge in [0.15, 0.2) is 5.76 Å². The maximum atomic E-state index is 12.8. The molecule has 3 N–H and O–H groups in total. The molecule has 2 aromatic carbocycles. The van der Waals surface area contributed by atoms with Crippen molar-refractivity contribution in [1.29, 1.82) is 0 Å². The van der Waals surface area contributed by atoms with E-state index in [1.807, 2.05) is 19.1 Å². The number of hydrogen-bond donors (Lipinski definition) is 3. The second-order valence-corrected chi connectivity index (χ2v) is 8.18.